The molecule has 1 unspecified atom stereocenters. The zero-order chi connectivity index (χ0) is 23.6. The van der Waals surface area contributed by atoms with Gasteiger partial charge in [-0.25, -0.2) is 16.8 Å². The topological polar surface area (TPSA) is 92.8 Å². The summed E-state index contributed by atoms with van der Waals surface area (Å²) >= 11 is 0. The van der Waals surface area contributed by atoms with E-state index >= 15 is 0 Å². The van der Waals surface area contributed by atoms with Gasteiger partial charge in [-0.1, -0.05) is 29.8 Å². The second kappa shape index (κ2) is 9.74. The Labute approximate surface area is 197 Å². The summed E-state index contributed by atoms with van der Waals surface area (Å²) in [6.45, 7) is 4.51. The van der Waals surface area contributed by atoms with E-state index in [4.69, 9.17) is 4.74 Å². The monoisotopic (exact) mass is 492 g/mol. The van der Waals surface area contributed by atoms with Gasteiger partial charge in [0.25, 0.3) is 0 Å². The molecule has 2 aromatic carbocycles. The van der Waals surface area contributed by atoms with Gasteiger partial charge in [0.05, 0.1) is 28.8 Å². The van der Waals surface area contributed by atoms with Crippen molar-refractivity contribution in [3.8, 4) is 5.75 Å². The van der Waals surface area contributed by atoms with Crippen molar-refractivity contribution in [1.29, 1.82) is 0 Å². The first kappa shape index (κ1) is 24.2. The lowest BCUT2D eigenvalue weighted by atomic mass is 10.0. The molecule has 0 radical (unpaired) electrons. The Kier molecular flexibility index (Phi) is 7.14. The first-order valence-electron chi connectivity index (χ1n) is 11.3. The lowest BCUT2D eigenvalue weighted by Gasteiger charge is -2.30. The van der Waals surface area contributed by atoms with E-state index in [0.29, 0.717) is 12.3 Å². The van der Waals surface area contributed by atoms with Gasteiger partial charge in [-0.05, 0) is 62.7 Å². The molecule has 9 heteroatoms. The van der Waals surface area contributed by atoms with Crippen LogP contribution < -0.4 is 10.1 Å². The highest BCUT2D eigenvalue weighted by Gasteiger charge is 2.46. The smallest absolute Gasteiger partial charge is 0.183 e. The van der Waals surface area contributed by atoms with E-state index in [1.54, 1.807) is 12.1 Å². The molecule has 2 aliphatic rings. The number of hydrogen-bond acceptors (Lipinski definition) is 7. The highest BCUT2D eigenvalue weighted by atomic mass is 32.2. The average Bonchev–Trinajstić information content (AvgIpc) is 3.43. The molecule has 3 atom stereocenters. The molecule has 2 heterocycles. The van der Waals surface area contributed by atoms with Crippen molar-refractivity contribution in [3.05, 3.63) is 59.7 Å². The Bertz CT molecular complexity index is 1160. The van der Waals surface area contributed by atoms with Gasteiger partial charge in [-0.15, -0.1) is 0 Å². The maximum absolute atomic E-state index is 13.4. The second-order valence-electron chi connectivity index (χ2n) is 9.02. The van der Waals surface area contributed by atoms with Gasteiger partial charge in [0, 0.05) is 18.6 Å². The lowest BCUT2D eigenvalue weighted by molar-refractivity contribution is 0.234. The highest BCUT2D eigenvalue weighted by molar-refractivity contribution is 7.96. The largest absolute Gasteiger partial charge is 0.497 e. The molecule has 2 aromatic rings. The van der Waals surface area contributed by atoms with Crippen LogP contribution in [0, 0.1) is 6.92 Å². The number of likely N-dealkylation sites (tertiary alicyclic amines) is 1. The van der Waals surface area contributed by atoms with Crippen molar-refractivity contribution < 1.29 is 21.6 Å². The summed E-state index contributed by atoms with van der Waals surface area (Å²) in [5, 5.41) is 2.33. The van der Waals surface area contributed by atoms with Crippen LogP contribution in [0.4, 0.5) is 0 Å². The molecule has 2 aliphatic heterocycles. The summed E-state index contributed by atoms with van der Waals surface area (Å²) in [5.41, 5.74) is 2.34. The lowest BCUT2D eigenvalue weighted by Crippen LogP contribution is -2.46. The van der Waals surface area contributed by atoms with Crippen LogP contribution in [0.2, 0.25) is 0 Å². The van der Waals surface area contributed by atoms with Gasteiger partial charge in [0.15, 0.2) is 19.7 Å². The Morgan fingerprint density at radius 2 is 1.67 bits per heavy atom. The predicted molar refractivity (Wildman–Crippen MR) is 129 cm³/mol. The number of benzene rings is 2. The predicted octanol–water partition coefficient (Wildman–Crippen LogP) is 2.37. The quantitative estimate of drug-likeness (QED) is 0.605. The Hall–Kier alpha value is -1.94. The number of hydrogen-bond donors (Lipinski definition) is 1. The SMILES string of the molecule is COc1ccc(S(=O)(=O)[C@H]2CS(=O)(=O)C[C@@H]2NCC(c2ccc(C)cc2)N2CCCC2)cc1. The molecule has 4 rings (SSSR count). The standard InChI is InChI=1S/C24H32N2O5S2/c1-18-5-7-19(8-6-18)23(26-13-3-4-14-26)15-25-22-16-32(27,28)17-24(22)33(29,30)21-11-9-20(31-2)10-12-21/h5-12,22-25H,3-4,13-17H2,1-2H3/t22-,23?,24-/m0/s1. The third-order valence-corrected chi connectivity index (χ3v) is 10.9. The number of ether oxygens (including phenoxy) is 1. The van der Waals surface area contributed by atoms with Crippen LogP contribution in [0.3, 0.4) is 0 Å². The van der Waals surface area contributed by atoms with Crippen LogP contribution in [0.1, 0.15) is 30.0 Å². The van der Waals surface area contributed by atoms with Crippen LogP contribution in [-0.2, 0) is 19.7 Å². The van der Waals surface area contributed by atoms with E-state index in [2.05, 4.69) is 34.5 Å². The number of sulfone groups is 2. The molecule has 33 heavy (non-hydrogen) atoms. The molecule has 7 nitrogen and oxygen atoms in total. The van der Waals surface area contributed by atoms with Crippen LogP contribution in [0.15, 0.2) is 53.4 Å². The van der Waals surface area contributed by atoms with Crippen molar-refractivity contribution in [2.24, 2.45) is 0 Å². The third-order valence-electron chi connectivity index (χ3n) is 6.70. The Balaban J connectivity index is 1.56. The molecule has 2 fully saturated rings. The average molecular weight is 493 g/mol. The summed E-state index contributed by atoms with van der Waals surface area (Å²) in [5.74, 6) is 0.0141. The molecule has 0 aromatic heterocycles. The summed E-state index contributed by atoms with van der Waals surface area (Å²) in [4.78, 5) is 2.51. The fourth-order valence-corrected chi connectivity index (χ4v) is 9.53. The summed E-state index contributed by atoms with van der Waals surface area (Å²) in [6, 6.07) is 13.9. The van der Waals surface area contributed by atoms with Crippen LogP contribution in [-0.4, -0.2) is 71.3 Å². The van der Waals surface area contributed by atoms with Gasteiger partial charge >= 0.3 is 0 Å². The molecule has 1 N–H and O–H groups in total. The van der Waals surface area contributed by atoms with Crippen LogP contribution in [0.25, 0.3) is 0 Å². The van der Waals surface area contributed by atoms with Gasteiger partial charge in [0.2, 0.25) is 0 Å². The van der Waals surface area contributed by atoms with E-state index < -0.39 is 31.0 Å². The van der Waals surface area contributed by atoms with Crippen molar-refractivity contribution in [2.45, 2.75) is 42.0 Å². The molecule has 0 saturated carbocycles. The summed E-state index contributed by atoms with van der Waals surface area (Å²) in [6.07, 6.45) is 2.27. The zero-order valence-electron chi connectivity index (χ0n) is 19.1. The van der Waals surface area contributed by atoms with Crippen LogP contribution in [0.5, 0.6) is 5.75 Å². The molecular weight excluding hydrogens is 460 g/mol. The number of nitrogens with one attached hydrogen (secondary N) is 1. The minimum atomic E-state index is -3.83. The molecule has 0 bridgehead atoms. The van der Waals surface area contributed by atoms with Crippen LogP contribution >= 0.6 is 0 Å². The second-order valence-corrected chi connectivity index (χ2v) is 13.3. The van der Waals surface area contributed by atoms with Crippen molar-refractivity contribution in [1.82, 2.24) is 10.2 Å². The molecule has 0 aliphatic carbocycles. The normalized spacial score (nSPS) is 24.1. The minimum absolute atomic E-state index is 0.0701. The number of aryl methyl sites for hydroxylation is 1. The van der Waals surface area contributed by atoms with Crippen molar-refractivity contribution in [3.63, 3.8) is 0 Å². The third kappa shape index (κ3) is 5.42. The number of nitrogens with zero attached hydrogens (tertiary/aromatic N) is 1. The van der Waals surface area contributed by atoms with Gasteiger partial charge in [-0.2, -0.15) is 0 Å². The maximum Gasteiger partial charge on any atom is 0.183 e. The molecule has 0 spiro atoms. The number of rotatable bonds is 8. The van der Waals surface area contributed by atoms with Crippen molar-refractivity contribution in [2.75, 3.05) is 38.2 Å². The van der Waals surface area contributed by atoms with E-state index in [1.165, 1.54) is 24.8 Å². The molecule has 2 saturated heterocycles. The summed E-state index contributed by atoms with van der Waals surface area (Å²) < 4.78 is 56.9. The van der Waals surface area contributed by atoms with Gasteiger partial charge in [0.1, 0.15) is 5.75 Å². The van der Waals surface area contributed by atoms with Crippen molar-refractivity contribution >= 4 is 19.7 Å². The zero-order valence-corrected chi connectivity index (χ0v) is 20.7. The van der Waals surface area contributed by atoms with E-state index in [0.717, 1.165) is 31.5 Å². The number of methoxy groups -OCH3 is 1. The minimum Gasteiger partial charge on any atom is -0.497 e. The van der Waals surface area contributed by atoms with Gasteiger partial charge in [-0.3, -0.25) is 4.90 Å². The van der Waals surface area contributed by atoms with E-state index in [9.17, 15) is 16.8 Å². The van der Waals surface area contributed by atoms with Gasteiger partial charge < -0.3 is 10.1 Å². The fraction of sp³-hybridized carbons (Fsp3) is 0.500. The molecule has 0 amide bonds. The van der Waals surface area contributed by atoms with E-state index in [1.807, 2.05) is 6.92 Å². The Morgan fingerprint density at radius 1 is 1.03 bits per heavy atom. The Morgan fingerprint density at radius 3 is 2.27 bits per heavy atom. The van der Waals surface area contributed by atoms with E-state index in [-0.39, 0.29) is 22.4 Å². The first-order chi connectivity index (χ1) is 15.7. The molecule has 180 valence electrons. The molecular formula is C24H32N2O5S2. The fourth-order valence-electron chi connectivity index (χ4n) is 4.81. The summed E-state index contributed by atoms with van der Waals surface area (Å²) in [7, 11) is -5.79. The highest BCUT2D eigenvalue weighted by Crippen LogP contribution is 2.29. The first-order valence-corrected chi connectivity index (χ1v) is 14.7. The maximum atomic E-state index is 13.4.